The zero-order chi connectivity index (χ0) is 16.9. The normalized spacial score (nSPS) is 15.8. The Morgan fingerprint density at radius 2 is 2.12 bits per heavy atom. The minimum absolute atomic E-state index is 0.247. The number of hydrogen-bond donors (Lipinski definition) is 0. The predicted octanol–water partition coefficient (Wildman–Crippen LogP) is 1.61. The van der Waals surface area contributed by atoms with E-state index in [1.807, 2.05) is 28.1 Å². The second kappa shape index (κ2) is 7.83. The number of aromatic nitrogens is 5. The molecule has 1 aliphatic heterocycles. The van der Waals surface area contributed by atoms with Crippen molar-refractivity contribution in [3.8, 4) is 0 Å². The molecule has 0 bridgehead atoms. The van der Waals surface area contributed by atoms with Crippen molar-refractivity contribution in [2.75, 3.05) is 25.1 Å². The first-order valence-electron chi connectivity index (χ1n) is 8.39. The highest BCUT2D eigenvalue weighted by Gasteiger charge is 2.27. The van der Waals surface area contributed by atoms with E-state index in [1.54, 1.807) is 18.0 Å². The predicted molar refractivity (Wildman–Crippen MR) is 94.0 cm³/mol. The Hall–Kier alpha value is -1.83. The van der Waals surface area contributed by atoms with E-state index in [1.165, 1.54) is 0 Å². The second-order valence-electron chi connectivity index (χ2n) is 6.01. The van der Waals surface area contributed by atoms with Gasteiger partial charge in [-0.2, -0.15) is 16.9 Å². The largest absolute Gasteiger partial charge is 0.342 e. The molecule has 0 atom stereocenters. The molecule has 24 heavy (non-hydrogen) atoms. The lowest BCUT2D eigenvalue weighted by Gasteiger charge is -2.31. The van der Waals surface area contributed by atoms with Crippen LogP contribution in [0.5, 0.6) is 0 Å². The lowest BCUT2D eigenvalue weighted by atomic mass is 9.96. The molecule has 0 spiro atoms. The molecular weight excluding hydrogens is 324 g/mol. The van der Waals surface area contributed by atoms with Crippen LogP contribution in [0.25, 0.3) is 0 Å². The fourth-order valence-electron chi connectivity index (χ4n) is 3.25. The van der Waals surface area contributed by atoms with E-state index in [0.717, 1.165) is 44.1 Å². The topological polar surface area (TPSA) is 68.8 Å². The van der Waals surface area contributed by atoms with E-state index < -0.39 is 0 Å². The summed E-state index contributed by atoms with van der Waals surface area (Å²) in [7, 11) is 0. The standard InChI is InChI=1S/C16H24N6OS/c1-3-22-14(11-21-8-4-7-17-21)18-19-16(22)13-5-9-20(10-6-13)15(23)12-24-2/h4,7-8,13H,3,5-6,9-12H2,1-2H3. The van der Waals surface area contributed by atoms with Crippen molar-refractivity contribution in [2.24, 2.45) is 0 Å². The Kier molecular flexibility index (Phi) is 5.55. The average molecular weight is 348 g/mol. The smallest absolute Gasteiger partial charge is 0.232 e. The number of thioether (sulfide) groups is 1. The summed E-state index contributed by atoms with van der Waals surface area (Å²) in [4.78, 5) is 14.0. The third-order valence-corrected chi connectivity index (χ3v) is 5.05. The summed E-state index contributed by atoms with van der Waals surface area (Å²) >= 11 is 1.59. The Morgan fingerprint density at radius 1 is 1.33 bits per heavy atom. The van der Waals surface area contributed by atoms with Gasteiger partial charge in [-0.05, 0) is 32.1 Å². The van der Waals surface area contributed by atoms with Gasteiger partial charge >= 0.3 is 0 Å². The van der Waals surface area contributed by atoms with Gasteiger partial charge in [0, 0.05) is 37.9 Å². The molecular formula is C16H24N6OS. The van der Waals surface area contributed by atoms with Gasteiger partial charge in [0.1, 0.15) is 12.4 Å². The molecule has 3 heterocycles. The number of nitrogens with zero attached hydrogens (tertiary/aromatic N) is 6. The molecule has 2 aromatic rings. The molecule has 0 aromatic carbocycles. The number of carbonyl (C=O) groups excluding carboxylic acids is 1. The van der Waals surface area contributed by atoms with E-state index in [4.69, 9.17) is 0 Å². The van der Waals surface area contributed by atoms with Crippen LogP contribution in [0.15, 0.2) is 18.5 Å². The summed E-state index contributed by atoms with van der Waals surface area (Å²) < 4.78 is 4.06. The van der Waals surface area contributed by atoms with Crippen LogP contribution < -0.4 is 0 Å². The van der Waals surface area contributed by atoms with E-state index >= 15 is 0 Å². The van der Waals surface area contributed by atoms with E-state index in [2.05, 4.69) is 26.8 Å². The first-order chi connectivity index (χ1) is 11.7. The number of hydrogen-bond acceptors (Lipinski definition) is 5. The third-order valence-electron chi connectivity index (χ3n) is 4.52. The molecule has 1 saturated heterocycles. The van der Waals surface area contributed by atoms with Crippen LogP contribution in [0, 0.1) is 0 Å². The maximum absolute atomic E-state index is 12.0. The van der Waals surface area contributed by atoms with Crippen LogP contribution in [0.3, 0.4) is 0 Å². The first-order valence-corrected chi connectivity index (χ1v) is 9.78. The minimum atomic E-state index is 0.247. The molecule has 0 N–H and O–H groups in total. The summed E-state index contributed by atoms with van der Waals surface area (Å²) in [6.45, 7) is 5.24. The maximum atomic E-state index is 12.0. The number of piperidine rings is 1. The van der Waals surface area contributed by atoms with Gasteiger partial charge in [0.25, 0.3) is 0 Å². The molecule has 0 radical (unpaired) electrons. The molecule has 0 aliphatic carbocycles. The van der Waals surface area contributed by atoms with Crippen LogP contribution in [0.4, 0.5) is 0 Å². The Bertz CT molecular complexity index is 660. The van der Waals surface area contributed by atoms with E-state index in [-0.39, 0.29) is 5.91 Å². The van der Waals surface area contributed by atoms with Gasteiger partial charge in [-0.15, -0.1) is 10.2 Å². The zero-order valence-corrected chi connectivity index (χ0v) is 15.1. The van der Waals surface area contributed by atoms with Gasteiger partial charge in [-0.25, -0.2) is 0 Å². The van der Waals surface area contributed by atoms with Gasteiger partial charge < -0.3 is 9.47 Å². The lowest BCUT2D eigenvalue weighted by molar-refractivity contribution is -0.129. The van der Waals surface area contributed by atoms with Crippen LogP contribution in [0.2, 0.25) is 0 Å². The van der Waals surface area contributed by atoms with Gasteiger partial charge in [-0.3, -0.25) is 9.48 Å². The molecule has 1 amide bonds. The molecule has 0 unspecified atom stereocenters. The number of amides is 1. The molecule has 130 valence electrons. The second-order valence-corrected chi connectivity index (χ2v) is 6.88. The first kappa shape index (κ1) is 17.0. The summed E-state index contributed by atoms with van der Waals surface area (Å²) in [5.74, 6) is 3.19. The molecule has 2 aromatic heterocycles. The molecule has 0 saturated carbocycles. The van der Waals surface area contributed by atoms with Gasteiger partial charge in [-0.1, -0.05) is 0 Å². The van der Waals surface area contributed by atoms with Crippen molar-refractivity contribution in [1.29, 1.82) is 0 Å². The summed E-state index contributed by atoms with van der Waals surface area (Å²) in [6, 6.07) is 1.91. The monoisotopic (exact) mass is 348 g/mol. The maximum Gasteiger partial charge on any atom is 0.232 e. The fourth-order valence-corrected chi connectivity index (χ4v) is 3.68. The lowest BCUT2D eigenvalue weighted by Crippen LogP contribution is -2.39. The van der Waals surface area contributed by atoms with Crippen LogP contribution in [-0.4, -0.2) is 60.5 Å². The number of likely N-dealkylation sites (tertiary alicyclic amines) is 1. The SMILES string of the molecule is CCn1c(Cn2cccn2)nnc1C1CCN(C(=O)CSC)CC1. The Labute approximate surface area is 146 Å². The number of rotatable bonds is 6. The molecule has 3 rings (SSSR count). The highest BCUT2D eigenvalue weighted by Crippen LogP contribution is 2.27. The Balaban J connectivity index is 1.67. The van der Waals surface area contributed by atoms with Crippen molar-refractivity contribution in [3.05, 3.63) is 30.1 Å². The van der Waals surface area contributed by atoms with Gasteiger partial charge in [0.05, 0.1) is 5.75 Å². The molecule has 1 fully saturated rings. The average Bonchev–Trinajstić information content (AvgIpc) is 3.25. The Morgan fingerprint density at radius 3 is 2.75 bits per heavy atom. The van der Waals surface area contributed by atoms with Crippen molar-refractivity contribution in [1.82, 2.24) is 29.4 Å². The van der Waals surface area contributed by atoms with Crippen molar-refractivity contribution < 1.29 is 4.79 Å². The van der Waals surface area contributed by atoms with Gasteiger partial charge in [0.15, 0.2) is 5.82 Å². The summed E-state index contributed by atoms with van der Waals surface area (Å²) in [5, 5.41) is 13.1. The number of carbonyl (C=O) groups is 1. The molecule has 7 nitrogen and oxygen atoms in total. The summed E-state index contributed by atoms with van der Waals surface area (Å²) in [6.07, 6.45) is 7.59. The van der Waals surface area contributed by atoms with Crippen molar-refractivity contribution >= 4 is 17.7 Å². The van der Waals surface area contributed by atoms with Gasteiger partial charge in [0.2, 0.25) is 5.91 Å². The zero-order valence-electron chi connectivity index (χ0n) is 14.3. The quantitative estimate of drug-likeness (QED) is 0.793. The van der Waals surface area contributed by atoms with Crippen molar-refractivity contribution in [2.45, 2.75) is 38.8 Å². The van der Waals surface area contributed by atoms with E-state index in [9.17, 15) is 4.79 Å². The van der Waals surface area contributed by atoms with Crippen molar-refractivity contribution in [3.63, 3.8) is 0 Å². The molecule has 1 aliphatic rings. The fraction of sp³-hybridized carbons (Fsp3) is 0.625. The highest BCUT2D eigenvalue weighted by atomic mass is 32.2. The minimum Gasteiger partial charge on any atom is -0.342 e. The highest BCUT2D eigenvalue weighted by molar-refractivity contribution is 7.99. The van der Waals surface area contributed by atoms with Crippen LogP contribution >= 0.6 is 11.8 Å². The third kappa shape index (κ3) is 3.63. The summed E-state index contributed by atoms with van der Waals surface area (Å²) in [5.41, 5.74) is 0. The van der Waals surface area contributed by atoms with Crippen LogP contribution in [-0.2, 0) is 17.9 Å². The van der Waals surface area contributed by atoms with E-state index in [0.29, 0.717) is 18.2 Å². The van der Waals surface area contributed by atoms with Crippen LogP contribution in [0.1, 0.15) is 37.3 Å². The molecule has 8 heteroatoms.